The number of nitriles is 1. The normalized spacial score (nSPS) is 15.6. The van der Waals surface area contributed by atoms with Gasteiger partial charge in [-0.3, -0.25) is 9.69 Å². The minimum atomic E-state index is -1.07. The van der Waals surface area contributed by atoms with Crippen molar-refractivity contribution in [1.29, 1.82) is 5.26 Å². The molecule has 1 aromatic heterocycles. The van der Waals surface area contributed by atoms with Crippen molar-refractivity contribution in [2.24, 2.45) is 7.05 Å². The monoisotopic (exact) mass is 517 g/mol. The van der Waals surface area contributed by atoms with Gasteiger partial charge in [-0.15, -0.1) is 0 Å². The van der Waals surface area contributed by atoms with Crippen LogP contribution in [0.4, 0.5) is 5.69 Å². The molecular weight excluding hydrogens is 482 g/mol. The Hall–Kier alpha value is -3.68. The standard InChI is InChI=1S/C29H35N5O4/c1-20(26(17-30)29(37)32-18-25(36)19-35)27-7-8-28(33(27)2)23-4-3-22-16-24(6-5-21(22)15-23)31-9-10-34-11-13-38-14-12-34/h3-8,15-16,25,31,35-36H,9-14,18-19H2,1-2H3,(H,32,37)/b26-20+. The molecule has 0 aliphatic carbocycles. The first-order valence-corrected chi connectivity index (χ1v) is 12.8. The molecule has 0 radical (unpaired) electrons. The van der Waals surface area contributed by atoms with Gasteiger partial charge in [-0.2, -0.15) is 5.26 Å². The van der Waals surface area contributed by atoms with Crippen LogP contribution in [-0.2, 0) is 16.6 Å². The second-order valence-electron chi connectivity index (χ2n) is 9.48. The molecule has 1 saturated heterocycles. The molecule has 0 spiro atoms. The van der Waals surface area contributed by atoms with E-state index in [0.29, 0.717) is 5.57 Å². The summed E-state index contributed by atoms with van der Waals surface area (Å²) in [5.74, 6) is -0.583. The van der Waals surface area contributed by atoms with Gasteiger partial charge in [-0.25, -0.2) is 0 Å². The summed E-state index contributed by atoms with van der Waals surface area (Å²) < 4.78 is 7.37. The van der Waals surface area contributed by atoms with Gasteiger partial charge in [0.15, 0.2) is 0 Å². The molecule has 1 unspecified atom stereocenters. The maximum absolute atomic E-state index is 12.5. The number of amides is 1. The number of fused-ring (bicyclic) bond motifs is 1. The van der Waals surface area contributed by atoms with Crippen LogP contribution in [0.2, 0.25) is 0 Å². The molecule has 2 heterocycles. The molecule has 1 aliphatic heterocycles. The number of nitrogens with one attached hydrogen (secondary N) is 2. The maximum Gasteiger partial charge on any atom is 0.262 e. The number of hydrogen-bond donors (Lipinski definition) is 4. The highest BCUT2D eigenvalue weighted by Gasteiger charge is 2.18. The number of morpholine rings is 1. The summed E-state index contributed by atoms with van der Waals surface area (Å²) in [6.45, 7) is 6.59. The van der Waals surface area contributed by atoms with Gasteiger partial charge in [-0.05, 0) is 59.2 Å². The Balaban J connectivity index is 1.48. The van der Waals surface area contributed by atoms with E-state index >= 15 is 0 Å². The van der Waals surface area contributed by atoms with Crippen LogP contribution in [0.15, 0.2) is 54.1 Å². The lowest BCUT2D eigenvalue weighted by Gasteiger charge is -2.26. The van der Waals surface area contributed by atoms with Gasteiger partial charge in [0.1, 0.15) is 11.6 Å². The van der Waals surface area contributed by atoms with E-state index in [2.05, 4.69) is 51.9 Å². The largest absolute Gasteiger partial charge is 0.394 e. The number of aromatic nitrogens is 1. The molecule has 0 bridgehead atoms. The number of aliphatic hydroxyl groups is 2. The Labute approximate surface area is 222 Å². The molecule has 200 valence electrons. The highest BCUT2D eigenvalue weighted by molar-refractivity contribution is 6.04. The van der Waals surface area contributed by atoms with E-state index < -0.39 is 18.6 Å². The molecule has 9 nitrogen and oxygen atoms in total. The predicted molar refractivity (Wildman–Crippen MR) is 148 cm³/mol. The third-order valence-corrected chi connectivity index (χ3v) is 6.93. The fourth-order valence-corrected chi connectivity index (χ4v) is 4.67. The topological polar surface area (TPSA) is 123 Å². The third kappa shape index (κ3) is 6.41. The first kappa shape index (κ1) is 27.4. The van der Waals surface area contributed by atoms with Crippen LogP contribution in [0.1, 0.15) is 12.6 Å². The van der Waals surface area contributed by atoms with Crippen LogP contribution < -0.4 is 10.6 Å². The molecule has 4 rings (SSSR count). The van der Waals surface area contributed by atoms with Crippen molar-refractivity contribution in [3.63, 3.8) is 0 Å². The number of carbonyl (C=O) groups is 1. The lowest BCUT2D eigenvalue weighted by atomic mass is 10.0. The Morgan fingerprint density at radius 2 is 1.87 bits per heavy atom. The van der Waals surface area contributed by atoms with E-state index in [1.807, 2.05) is 29.8 Å². The van der Waals surface area contributed by atoms with Gasteiger partial charge in [0.2, 0.25) is 0 Å². The fourth-order valence-electron chi connectivity index (χ4n) is 4.67. The van der Waals surface area contributed by atoms with Crippen molar-refractivity contribution in [2.75, 3.05) is 57.9 Å². The second-order valence-corrected chi connectivity index (χ2v) is 9.48. The minimum absolute atomic E-state index is 0.0324. The smallest absolute Gasteiger partial charge is 0.262 e. The molecular formula is C29H35N5O4. The highest BCUT2D eigenvalue weighted by Crippen LogP contribution is 2.30. The van der Waals surface area contributed by atoms with E-state index in [0.717, 1.165) is 72.8 Å². The van der Waals surface area contributed by atoms with Gasteiger partial charge in [-0.1, -0.05) is 18.2 Å². The zero-order valence-electron chi connectivity index (χ0n) is 21.9. The molecule has 3 aromatic rings. The SMILES string of the molecule is C/C(=C(/C#N)C(=O)NCC(O)CO)c1ccc(-c2ccc3cc(NCCN4CCOCC4)ccc3c2)n1C. The van der Waals surface area contributed by atoms with E-state index in [9.17, 15) is 15.2 Å². The summed E-state index contributed by atoms with van der Waals surface area (Å²) in [6.07, 6.45) is -1.07. The van der Waals surface area contributed by atoms with Crippen molar-refractivity contribution in [3.8, 4) is 17.3 Å². The lowest BCUT2D eigenvalue weighted by molar-refractivity contribution is -0.117. The van der Waals surface area contributed by atoms with E-state index in [1.54, 1.807) is 6.92 Å². The Morgan fingerprint density at radius 1 is 1.13 bits per heavy atom. The summed E-state index contributed by atoms with van der Waals surface area (Å²) in [5.41, 5.74) is 4.33. The van der Waals surface area contributed by atoms with Crippen LogP contribution in [-0.4, -0.2) is 84.2 Å². The molecule has 0 saturated carbocycles. The van der Waals surface area contributed by atoms with Crippen LogP contribution in [0.5, 0.6) is 0 Å². The molecule has 1 amide bonds. The van der Waals surface area contributed by atoms with Crippen molar-refractivity contribution >= 4 is 27.9 Å². The number of hydrogen-bond acceptors (Lipinski definition) is 7. The van der Waals surface area contributed by atoms with E-state index in [1.165, 1.54) is 0 Å². The van der Waals surface area contributed by atoms with Gasteiger partial charge >= 0.3 is 0 Å². The first-order valence-electron chi connectivity index (χ1n) is 12.8. The first-order chi connectivity index (χ1) is 18.4. The number of nitrogens with zero attached hydrogens (tertiary/aromatic N) is 3. The second kappa shape index (κ2) is 12.7. The Morgan fingerprint density at radius 3 is 2.61 bits per heavy atom. The molecule has 9 heteroatoms. The molecule has 2 aromatic carbocycles. The summed E-state index contributed by atoms with van der Waals surface area (Å²) in [5, 5.41) is 36.3. The summed E-state index contributed by atoms with van der Waals surface area (Å²) in [7, 11) is 1.91. The highest BCUT2D eigenvalue weighted by atomic mass is 16.5. The van der Waals surface area contributed by atoms with Crippen molar-refractivity contribution in [2.45, 2.75) is 13.0 Å². The molecule has 1 aliphatic rings. The predicted octanol–water partition coefficient (Wildman–Crippen LogP) is 2.36. The Kier molecular flexibility index (Phi) is 9.15. The number of rotatable bonds is 10. The van der Waals surface area contributed by atoms with E-state index in [-0.39, 0.29) is 12.1 Å². The van der Waals surface area contributed by atoms with Crippen molar-refractivity contribution < 1.29 is 19.7 Å². The molecule has 38 heavy (non-hydrogen) atoms. The van der Waals surface area contributed by atoms with Crippen LogP contribution in [0.25, 0.3) is 27.6 Å². The van der Waals surface area contributed by atoms with Crippen LogP contribution >= 0.6 is 0 Å². The summed E-state index contributed by atoms with van der Waals surface area (Å²) in [6, 6.07) is 18.5. The number of ether oxygens (including phenoxy) is 1. The Bertz CT molecular complexity index is 1350. The number of allylic oxidation sites excluding steroid dienone is 1. The zero-order chi connectivity index (χ0) is 27.1. The maximum atomic E-state index is 12.5. The van der Waals surface area contributed by atoms with E-state index in [4.69, 9.17) is 9.84 Å². The number of benzene rings is 2. The average Bonchev–Trinajstić information content (AvgIpc) is 3.33. The number of aliphatic hydroxyl groups excluding tert-OH is 2. The average molecular weight is 518 g/mol. The quantitative estimate of drug-likeness (QED) is 0.241. The van der Waals surface area contributed by atoms with Gasteiger partial charge in [0.25, 0.3) is 5.91 Å². The molecule has 1 atom stereocenters. The summed E-state index contributed by atoms with van der Waals surface area (Å²) >= 11 is 0. The van der Waals surface area contributed by atoms with Crippen molar-refractivity contribution in [3.05, 3.63) is 59.8 Å². The zero-order valence-corrected chi connectivity index (χ0v) is 21.9. The molecule has 1 fully saturated rings. The minimum Gasteiger partial charge on any atom is -0.394 e. The fraction of sp³-hybridized carbons (Fsp3) is 0.379. The van der Waals surface area contributed by atoms with Gasteiger partial charge < -0.3 is 30.2 Å². The van der Waals surface area contributed by atoms with Crippen LogP contribution in [0, 0.1) is 11.3 Å². The van der Waals surface area contributed by atoms with Gasteiger partial charge in [0, 0.05) is 56.8 Å². The van der Waals surface area contributed by atoms with Crippen LogP contribution in [0.3, 0.4) is 0 Å². The number of carbonyl (C=O) groups excluding carboxylic acids is 1. The number of anilines is 1. The van der Waals surface area contributed by atoms with Gasteiger partial charge in [0.05, 0.1) is 25.9 Å². The molecule has 4 N–H and O–H groups in total. The lowest BCUT2D eigenvalue weighted by Crippen LogP contribution is -2.38. The summed E-state index contributed by atoms with van der Waals surface area (Å²) in [4.78, 5) is 14.9. The van der Waals surface area contributed by atoms with Crippen molar-refractivity contribution in [1.82, 2.24) is 14.8 Å². The third-order valence-electron chi connectivity index (χ3n) is 6.93.